The standard InChI is InChI=1S/C11H15NO4/c1-11(2)15-7-5-4-6-8(9(7)16-11)12(6)10(13)14-3/h4-9H,1-3H3/t6-,7-,8-,9-,12?/m1/s1. The number of hydrogen-bond donors (Lipinski definition) is 0. The van der Waals surface area contributed by atoms with Crippen molar-refractivity contribution in [1.82, 2.24) is 4.90 Å². The molecule has 0 unspecified atom stereocenters. The Morgan fingerprint density at radius 3 is 2.81 bits per heavy atom. The summed E-state index contributed by atoms with van der Waals surface area (Å²) in [6.45, 7) is 3.78. The Bertz CT molecular complexity index is 365. The largest absolute Gasteiger partial charge is 0.453 e. The van der Waals surface area contributed by atoms with Gasteiger partial charge in [0.2, 0.25) is 0 Å². The van der Waals surface area contributed by atoms with E-state index in [4.69, 9.17) is 14.2 Å². The fourth-order valence-corrected chi connectivity index (χ4v) is 2.63. The molecule has 0 spiro atoms. The fraction of sp³-hybridized carbons (Fsp3) is 0.727. The van der Waals surface area contributed by atoms with Gasteiger partial charge in [0, 0.05) is 0 Å². The molecule has 3 rings (SSSR count). The lowest BCUT2D eigenvalue weighted by atomic mass is 10.0. The van der Waals surface area contributed by atoms with Crippen LogP contribution in [0.25, 0.3) is 0 Å². The van der Waals surface area contributed by atoms with E-state index in [0.717, 1.165) is 0 Å². The third-order valence-electron chi connectivity index (χ3n) is 3.29. The second-order valence-electron chi connectivity index (χ2n) is 4.81. The first-order chi connectivity index (χ1) is 7.53. The number of carbonyl (C=O) groups is 1. The van der Waals surface area contributed by atoms with E-state index in [-0.39, 0.29) is 30.4 Å². The Kier molecular flexibility index (Phi) is 1.89. The van der Waals surface area contributed by atoms with E-state index >= 15 is 0 Å². The molecule has 0 saturated carbocycles. The molecule has 0 N–H and O–H groups in total. The summed E-state index contributed by atoms with van der Waals surface area (Å²) in [6.07, 6.45) is 3.56. The van der Waals surface area contributed by atoms with Crippen molar-refractivity contribution < 1.29 is 19.0 Å². The van der Waals surface area contributed by atoms with Crippen molar-refractivity contribution in [3.05, 3.63) is 12.2 Å². The van der Waals surface area contributed by atoms with Crippen LogP contribution in [0.5, 0.6) is 0 Å². The molecule has 88 valence electrons. The second-order valence-corrected chi connectivity index (χ2v) is 4.81. The Hall–Kier alpha value is -1.07. The highest BCUT2D eigenvalue weighted by Crippen LogP contribution is 2.45. The quantitative estimate of drug-likeness (QED) is 0.454. The van der Waals surface area contributed by atoms with Crippen molar-refractivity contribution in [2.75, 3.05) is 7.11 Å². The number of hydrogen-bond acceptors (Lipinski definition) is 4. The van der Waals surface area contributed by atoms with Gasteiger partial charge in [-0.25, -0.2) is 4.79 Å². The molecule has 5 nitrogen and oxygen atoms in total. The van der Waals surface area contributed by atoms with Gasteiger partial charge in [0.15, 0.2) is 5.79 Å². The lowest BCUT2D eigenvalue weighted by Crippen LogP contribution is -2.32. The molecule has 0 radical (unpaired) electrons. The smallest absolute Gasteiger partial charge is 0.410 e. The Morgan fingerprint density at radius 2 is 2.12 bits per heavy atom. The molecule has 1 aliphatic carbocycles. The van der Waals surface area contributed by atoms with Crippen molar-refractivity contribution in [3.63, 3.8) is 0 Å². The molecular formula is C11H15NO4. The van der Waals surface area contributed by atoms with Crippen LogP contribution in [0.1, 0.15) is 13.8 Å². The van der Waals surface area contributed by atoms with Gasteiger partial charge in [-0.15, -0.1) is 0 Å². The highest BCUT2D eigenvalue weighted by Gasteiger charge is 2.62. The molecule has 0 bridgehead atoms. The summed E-state index contributed by atoms with van der Waals surface area (Å²) < 4.78 is 16.3. The SMILES string of the molecule is COC(=O)N1[C@H]2[C@@H]3OC(C)(C)O[C@@H]3C=C[C@H]21. The zero-order valence-corrected chi connectivity index (χ0v) is 9.54. The number of ether oxygens (including phenoxy) is 3. The minimum atomic E-state index is -0.570. The van der Waals surface area contributed by atoms with Crippen LogP contribution in [0.3, 0.4) is 0 Å². The van der Waals surface area contributed by atoms with Crippen molar-refractivity contribution in [1.29, 1.82) is 0 Å². The molecular weight excluding hydrogens is 210 g/mol. The lowest BCUT2D eigenvalue weighted by molar-refractivity contribution is -0.143. The maximum atomic E-state index is 11.5. The van der Waals surface area contributed by atoms with Crippen molar-refractivity contribution in [2.24, 2.45) is 0 Å². The van der Waals surface area contributed by atoms with Crippen LogP contribution in [0.15, 0.2) is 12.2 Å². The van der Waals surface area contributed by atoms with Crippen LogP contribution in [-0.2, 0) is 14.2 Å². The summed E-state index contributed by atoms with van der Waals surface area (Å²) in [5.41, 5.74) is 0. The second kappa shape index (κ2) is 2.99. The molecule has 5 heteroatoms. The van der Waals surface area contributed by atoms with Crippen molar-refractivity contribution >= 4 is 6.09 Å². The summed E-state index contributed by atoms with van der Waals surface area (Å²) in [7, 11) is 1.39. The molecule has 16 heavy (non-hydrogen) atoms. The molecule has 0 aromatic heterocycles. The third kappa shape index (κ3) is 1.28. The third-order valence-corrected chi connectivity index (χ3v) is 3.29. The van der Waals surface area contributed by atoms with E-state index in [2.05, 4.69) is 0 Å². The summed E-state index contributed by atoms with van der Waals surface area (Å²) in [4.78, 5) is 13.2. The maximum absolute atomic E-state index is 11.5. The fourth-order valence-electron chi connectivity index (χ4n) is 2.63. The van der Waals surface area contributed by atoms with Gasteiger partial charge in [0.1, 0.15) is 12.2 Å². The zero-order valence-electron chi connectivity index (χ0n) is 9.54. The summed E-state index contributed by atoms with van der Waals surface area (Å²) >= 11 is 0. The predicted molar refractivity (Wildman–Crippen MR) is 54.8 cm³/mol. The Balaban J connectivity index is 1.80. The van der Waals surface area contributed by atoms with Crippen LogP contribution in [0, 0.1) is 0 Å². The van der Waals surface area contributed by atoms with Gasteiger partial charge in [-0.2, -0.15) is 0 Å². The van der Waals surface area contributed by atoms with E-state index in [1.807, 2.05) is 26.0 Å². The monoisotopic (exact) mass is 225 g/mol. The van der Waals surface area contributed by atoms with Crippen LogP contribution < -0.4 is 0 Å². The summed E-state index contributed by atoms with van der Waals surface area (Å²) in [5, 5.41) is 0. The number of methoxy groups -OCH3 is 1. The molecule has 4 atom stereocenters. The van der Waals surface area contributed by atoms with E-state index in [9.17, 15) is 4.79 Å². The van der Waals surface area contributed by atoms with Crippen molar-refractivity contribution in [3.8, 4) is 0 Å². The molecule has 2 saturated heterocycles. The van der Waals surface area contributed by atoms with Gasteiger partial charge in [-0.1, -0.05) is 12.2 Å². The van der Waals surface area contributed by atoms with E-state index in [0.29, 0.717) is 0 Å². The predicted octanol–water partition coefficient (Wildman–Crippen LogP) is 0.895. The molecule has 2 heterocycles. The molecule has 1 amide bonds. The number of fused-ring (bicyclic) bond motifs is 3. The first-order valence-electron chi connectivity index (χ1n) is 5.44. The average molecular weight is 225 g/mol. The van der Waals surface area contributed by atoms with E-state index in [1.54, 1.807) is 4.90 Å². The molecule has 3 aliphatic rings. The van der Waals surface area contributed by atoms with Gasteiger partial charge in [0.05, 0.1) is 19.2 Å². The Labute approximate surface area is 93.9 Å². The van der Waals surface area contributed by atoms with Crippen LogP contribution in [0.2, 0.25) is 0 Å². The zero-order chi connectivity index (χ0) is 11.5. The van der Waals surface area contributed by atoms with Gasteiger partial charge in [-0.3, -0.25) is 4.90 Å². The molecule has 0 aromatic rings. The van der Waals surface area contributed by atoms with Crippen LogP contribution in [0.4, 0.5) is 4.79 Å². The number of amides is 1. The topological polar surface area (TPSA) is 47.8 Å². The van der Waals surface area contributed by atoms with Crippen LogP contribution >= 0.6 is 0 Å². The molecule has 0 aromatic carbocycles. The highest BCUT2D eigenvalue weighted by molar-refractivity contribution is 5.73. The highest BCUT2D eigenvalue weighted by atomic mass is 16.8. The van der Waals surface area contributed by atoms with Gasteiger partial charge in [-0.05, 0) is 13.8 Å². The summed E-state index contributed by atoms with van der Waals surface area (Å²) in [6, 6.07) is 0.190. The van der Waals surface area contributed by atoms with Gasteiger partial charge >= 0.3 is 6.09 Å². The minimum Gasteiger partial charge on any atom is -0.453 e. The lowest BCUT2D eigenvalue weighted by Gasteiger charge is -2.16. The van der Waals surface area contributed by atoms with Crippen LogP contribution in [-0.4, -0.2) is 48.2 Å². The number of rotatable bonds is 0. The Morgan fingerprint density at radius 1 is 1.38 bits per heavy atom. The van der Waals surface area contributed by atoms with Gasteiger partial charge < -0.3 is 14.2 Å². The first kappa shape index (κ1) is 10.1. The molecule has 2 aliphatic heterocycles. The summed E-state index contributed by atoms with van der Waals surface area (Å²) in [5.74, 6) is -0.570. The van der Waals surface area contributed by atoms with E-state index < -0.39 is 5.79 Å². The first-order valence-corrected chi connectivity index (χ1v) is 5.44. The molecule has 2 fully saturated rings. The number of carbonyl (C=O) groups excluding carboxylic acids is 1. The number of nitrogens with zero attached hydrogens (tertiary/aromatic N) is 1. The van der Waals surface area contributed by atoms with E-state index in [1.165, 1.54) is 7.11 Å². The van der Waals surface area contributed by atoms with Gasteiger partial charge in [0.25, 0.3) is 0 Å². The minimum absolute atomic E-state index is 0.0501. The van der Waals surface area contributed by atoms with Crippen molar-refractivity contribution in [2.45, 2.75) is 43.9 Å². The average Bonchev–Trinajstić information content (AvgIpc) is 2.86. The normalized spacial score (nSPS) is 42.6. The maximum Gasteiger partial charge on any atom is 0.410 e.